The molecule has 4 heteroatoms. The Labute approximate surface area is 89.8 Å². The first-order valence-electron chi connectivity index (χ1n) is 4.72. The molecule has 1 aromatic carbocycles. The third kappa shape index (κ3) is 2.87. The first kappa shape index (κ1) is 11.4. The van der Waals surface area contributed by atoms with Crippen molar-refractivity contribution in [2.75, 3.05) is 26.0 Å². The standard InChI is InChI=1S/C11H16N2O2/c1-8-5-6-10(15-11(14)12-2)9(7-8)13(3)4/h5-7H,1-4H3,(H,12,14). The normalized spacial score (nSPS) is 9.60. The van der Waals surface area contributed by atoms with Crippen molar-refractivity contribution in [1.82, 2.24) is 5.32 Å². The van der Waals surface area contributed by atoms with E-state index in [1.807, 2.05) is 38.1 Å². The lowest BCUT2D eigenvalue weighted by Crippen LogP contribution is -2.23. The van der Waals surface area contributed by atoms with Gasteiger partial charge in [0.25, 0.3) is 0 Å². The van der Waals surface area contributed by atoms with Crippen molar-refractivity contribution in [2.24, 2.45) is 0 Å². The maximum atomic E-state index is 11.1. The van der Waals surface area contributed by atoms with E-state index < -0.39 is 6.09 Å². The van der Waals surface area contributed by atoms with E-state index in [0.717, 1.165) is 11.3 Å². The van der Waals surface area contributed by atoms with Gasteiger partial charge < -0.3 is 15.0 Å². The number of carbonyl (C=O) groups excluding carboxylic acids is 1. The minimum Gasteiger partial charge on any atom is -0.408 e. The molecule has 0 saturated carbocycles. The highest BCUT2D eigenvalue weighted by atomic mass is 16.6. The molecule has 0 aromatic heterocycles. The summed E-state index contributed by atoms with van der Waals surface area (Å²) in [5.74, 6) is 0.560. The molecule has 4 nitrogen and oxygen atoms in total. The second-order valence-corrected chi connectivity index (χ2v) is 3.51. The summed E-state index contributed by atoms with van der Waals surface area (Å²) in [6, 6.07) is 5.67. The molecule has 0 aliphatic carbocycles. The lowest BCUT2D eigenvalue weighted by Gasteiger charge is -2.17. The van der Waals surface area contributed by atoms with Gasteiger partial charge in [-0.15, -0.1) is 0 Å². The number of benzene rings is 1. The number of carbonyl (C=O) groups is 1. The van der Waals surface area contributed by atoms with Gasteiger partial charge in [0.1, 0.15) is 0 Å². The average molecular weight is 208 g/mol. The Morgan fingerprint density at radius 1 is 1.40 bits per heavy atom. The maximum Gasteiger partial charge on any atom is 0.412 e. The number of aryl methyl sites for hydroxylation is 1. The molecule has 1 amide bonds. The van der Waals surface area contributed by atoms with Crippen molar-refractivity contribution in [3.8, 4) is 5.75 Å². The number of hydrogen-bond donors (Lipinski definition) is 1. The topological polar surface area (TPSA) is 41.6 Å². The number of ether oxygens (including phenoxy) is 1. The van der Waals surface area contributed by atoms with Crippen LogP contribution in [-0.2, 0) is 0 Å². The van der Waals surface area contributed by atoms with Crippen molar-refractivity contribution in [2.45, 2.75) is 6.92 Å². The van der Waals surface area contributed by atoms with Gasteiger partial charge >= 0.3 is 6.09 Å². The van der Waals surface area contributed by atoms with E-state index in [0.29, 0.717) is 5.75 Å². The highest BCUT2D eigenvalue weighted by Gasteiger charge is 2.09. The molecule has 0 unspecified atom stereocenters. The van der Waals surface area contributed by atoms with Crippen LogP contribution in [0.2, 0.25) is 0 Å². The van der Waals surface area contributed by atoms with Crippen LogP contribution in [0.4, 0.5) is 10.5 Å². The SMILES string of the molecule is CNC(=O)Oc1ccc(C)cc1N(C)C. The van der Waals surface area contributed by atoms with Gasteiger partial charge in [-0.1, -0.05) is 6.07 Å². The number of anilines is 1. The molecule has 1 rings (SSSR count). The third-order valence-electron chi connectivity index (χ3n) is 2.00. The fourth-order valence-electron chi connectivity index (χ4n) is 1.21. The van der Waals surface area contributed by atoms with E-state index in [4.69, 9.17) is 4.74 Å². The van der Waals surface area contributed by atoms with E-state index in [1.165, 1.54) is 7.05 Å². The number of rotatable bonds is 2. The van der Waals surface area contributed by atoms with Crippen molar-refractivity contribution in [1.29, 1.82) is 0 Å². The second kappa shape index (κ2) is 4.68. The van der Waals surface area contributed by atoms with Gasteiger partial charge in [0, 0.05) is 21.1 Å². The minimum absolute atomic E-state index is 0.457. The fourth-order valence-corrected chi connectivity index (χ4v) is 1.21. The largest absolute Gasteiger partial charge is 0.412 e. The van der Waals surface area contributed by atoms with Gasteiger partial charge in [-0.05, 0) is 24.6 Å². The van der Waals surface area contributed by atoms with Crippen LogP contribution in [-0.4, -0.2) is 27.2 Å². The van der Waals surface area contributed by atoms with Crippen molar-refractivity contribution >= 4 is 11.8 Å². The monoisotopic (exact) mass is 208 g/mol. The van der Waals surface area contributed by atoms with Crippen LogP contribution in [0.3, 0.4) is 0 Å². The minimum atomic E-state index is -0.457. The summed E-state index contributed by atoms with van der Waals surface area (Å²) in [7, 11) is 5.35. The molecule has 15 heavy (non-hydrogen) atoms. The Bertz CT molecular complexity index is 362. The van der Waals surface area contributed by atoms with Crippen molar-refractivity contribution in [3.05, 3.63) is 23.8 Å². The lowest BCUT2D eigenvalue weighted by molar-refractivity contribution is 0.203. The maximum absolute atomic E-state index is 11.1. The zero-order valence-electron chi connectivity index (χ0n) is 9.50. The Kier molecular flexibility index (Phi) is 3.55. The molecule has 0 radical (unpaired) electrons. The van der Waals surface area contributed by atoms with Crippen molar-refractivity contribution in [3.63, 3.8) is 0 Å². The fraction of sp³-hybridized carbons (Fsp3) is 0.364. The van der Waals surface area contributed by atoms with E-state index >= 15 is 0 Å². The third-order valence-corrected chi connectivity index (χ3v) is 2.00. The first-order valence-corrected chi connectivity index (χ1v) is 4.72. The molecule has 0 fully saturated rings. The Morgan fingerprint density at radius 2 is 2.07 bits per heavy atom. The highest BCUT2D eigenvalue weighted by molar-refractivity contribution is 5.73. The van der Waals surface area contributed by atoms with Crippen LogP contribution < -0.4 is 15.0 Å². The summed E-state index contributed by atoms with van der Waals surface area (Å²) in [6.07, 6.45) is -0.457. The van der Waals surface area contributed by atoms with E-state index in [-0.39, 0.29) is 0 Å². The summed E-state index contributed by atoms with van der Waals surface area (Å²) in [5.41, 5.74) is 2.02. The molecule has 0 bridgehead atoms. The molecule has 0 saturated heterocycles. The molecular weight excluding hydrogens is 192 g/mol. The molecule has 0 aliphatic rings. The second-order valence-electron chi connectivity index (χ2n) is 3.51. The summed E-state index contributed by atoms with van der Waals surface area (Å²) in [5, 5.41) is 2.41. The molecular formula is C11H16N2O2. The number of hydrogen-bond acceptors (Lipinski definition) is 3. The van der Waals surface area contributed by atoms with E-state index in [1.54, 1.807) is 6.07 Å². The van der Waals surface area contributed by atoms with E-state index in [9.17, 15) is 4.79 Å². The van der Waals surface area contributed by atoms with Gasteiger partial charge in [0.15, 0.2) is 5.75 Å². The number of amides is 1. The predicted octanol–water partition coefficient (Wildman–Crippen LogP) is 1.78. The highest BCUT2D eigenvalue weighted by Crippen LogP contribution is 2.27. The van der Waals surface area contributed by atoms with Gasteiger partial charge in [0.05, 0.1) is 5.69 Å². The molecule has 0 spiro atoms. The van der Waals surface area contributed by atoms with Crippen LogP contribution in [0.25, 0.3) is 0 Å². The van der Waals surface area contributed by atoms with E-state index in [2.05, 4.69) is 5.32 Å². The van der Waals surface area contributed by atoms with Crippen molar-refractivity contribution < 1.29 is 9.53 Å². The molecule has 1 aromatic rings. The molecule has 0 heterocycles. The van der Waals surface area contributed by atoms with Crippen LogP contribution in [0.5, 0.6) is 5.75 Å². The summed E-state index contributed by atoms with van der Waals surface area (Å²) < 4.78 is 5.12. The number of nitrogens with one attached hydrogen (secondary N) is 1. The van der Waals surface area contributed by atoms with Crippen LogP contribution in [0, 0.1) is 6.92 Å². The first-order chi connectivity index (χ1) is 7.04. The smallest absolute Gasteiger partial charge is 0.408 e. The van der Waals surface area contributed by atoms with Crippen LogP contribution in [0.1, 0.15) is 5.56 Å². The summed E-state index contributed by atoms with van der Waals surface area (Å²) in [4.78, 5) is 13.0. The molecule has 0 atom stereocenters. The van der Waals surface area contributed by atoms with Gasteiger partial charge in [-0.2, -0.15) is 0 Å². The predicted molar refractivity (Wildman–Crippen MR) is 60.6 cm³/mol. The number of nitrogens with zero attached hydrogens (tertiary/aromatic N) is 1. The van der Waals surface area contributed by atoms with Gasteiger partial charge in [-0.3, -0.25) is 0 Å². The lowest BCUT2D eigenvalue weighted by atomic mass is 10.2. The van der Waals surface area contributed by atoms with Crippen LogP contribution >= 0.6 is 0 Å². The summed E-state index contributed by atoms with van der Waals surface area (Å²) in [6.45, 7) is 2.00. The average Bonchev–Trinajstić information content (AvgIpc) is 2.20. The summed E-state index contributed by atoms with van der Waals surface area (Å²) >= 11 is 0. The zero-order valence-corrected chi connectivity index (χ0v) is 9.50. The van der Waals surface area contributed by atoms with Gasteiger partial charge in [0.2, 0.25) is 0 Å². The Morgan fingerprint density at radius 3 is 2.60 bits per heavy atom. The van der Waals surface area contributed by atoms with Crippen LogP contribution in [0.15, 0.2) is 18.2 Å². The zero-order chi connectivity index (χ0) is 11.4. The van der Waals surface area contributed by atoms with Gasteiger partial charge in [-0.25, -0.2) is 4.79 Å². The Hall–Kier alpha value is -1.71. The molecule has 82 valence electrons. The Balaban J connectivity index is 3.00. The quantitative estimate of drug-likeness (QED) is 0.805. The molecule has 0 aliphatic heterocycles. The molecule has 1 N–H and O–H groups in total.